The molecule has 0 spiro atoms. The van der Waals surface area contributed by atoms with E-state index in [4.69, 9.17) is 0 Å². The number of carbonyl (C=O) groups is 1. The SMILES string of the molecule is Cc1c(C(=O)NC(C)C)nnn1-c1cccc2c1CCN(Cc1ccc(F)cc1)C2. The van der Waals surface area contributed by atoms with Crippen molar-refractivity contribution in [2.75, 3.05) is 6.54 Å². The van der Waals surface area contributed by atoms with Gasteiger partial charge in [-0.05, 0) is 62.1 Å². The lowest BCUT2D eigenvalue weighted by atomic mass is 9.97. The van der Waals surface area contributed by atoms with Crippen molar-refractivity contribution >= 4 is 5.91 Å². The van der Waals surface area contributed by atoms with Gasteiger partial charge in [-0.1, -0.05) is 29.5 Å². The number of hydrogen-bond acceptors (Lipinski definition) is 4. The van der Waals surface area contributed by atoms with E-state index in [1.165, 1.54) is 23.3 Å². The summed E-state index contributed by atoms with van der Waals surface area (Å²) >= 11 is 0. The van der Waals surface area contributed by atoms with Gasteiger partial charge in [0.2, 0.25) is 0 Å². The van der Waals surface area contributed by atoms with Crippen molar-refractivity contribution in [1.29, 1.82) is 0 Å². The molecule has 4 rings (SSSR count). The molecule has 156 valence electrons. The number of carbonyl (C=O) groups excluding carboxylic acids is 1. The Kier molecular flexibility index (Phi) is 5.63. The van der Waals surface area contributed by atoms with Crippen molar-refractivity contribution in [3.05, 3.63) is 76.4 Å². The van der Waals surface area contributed by atoms with Gasteiger partial charge in [0.25, 0.3) is 5.91 Å². The second kappa shape index (κ2) is 8.36. The Morgan fingerprint density at radius 3 is 2.70 bits per heavy atom. The van der Waals surface area contributed by atoms with Crippen LogP contribution in [0.4, 0.5) is 4.39 Å². The molecule has 0 bridgehead atoms. The summed E-state index contributed by atoms with van der Waals surface area (Å²) in [6.45, 7) is 8.21. The minimum atomic E-state index is -0.211. The summed E-state index contributed by atoms with van der Waals surface area (Å²) in [4.78, 5) is 14.7. The Hall–Kier alpha value is -3.06. The van der Waals surface area contributed by atoms with E-state index < -0.39 is 0 Å². The van der Waals surface area contributed by atoms with Gasteiger partial charge in [-0.25, -0.2) is 9.07 Å². The molecule has 30 heavy (non-hydrogen) atoms. The predicted molar refractivity (Wildman–Crippen MR) is 113 cm³/mol. The predicted octanol–water partition coefficient (Wildman–Crippen LogP) is 3.41. The smallest absolute Gasteiger partial charge is 0.273 e. The van der Waals surface area contributed by atoms with Gasteiger partial charge in [0.1, 0.15) is 5.82 Å². The maximum absolute atomic E-state index is 13.2. The summed E-state index contributed by atoms with van der Waals surface area (Å²) in [6, 6.07) is 12.9. The lowest BCUT2D eigenvalue weighted by molar-refractivity contribution is 0.0937. The first kappa shape index (κ1) is 20.2. The van der Waals surface area contributed by atoms with Crippen molar-refractivity contribution in [3.63, 3.8) is 0 Å². The minimum Gasteiger partial charge on any atom is -0.348 e. The third-order valence-corrected chi connectivity index (χ3v) is 5.40. The van der Waals surface area contributed by atoms with Gasteiger partial charge in [-0.3, -0.25) is 9.69 Å². The molecule has 1 aromatic heterocycles. The summed E-state index contributed by atoms with van der Waals surface area (Å²) in [5, 5.41) is 11.3. The fourth-order valence-corrected chi connectivity index (χ4v) is 3.93. The normalized spacial score (nSPS) is 14.0. The topological polar surface area (TPSA) is 63.1 Å². The maximum Gasteiger partial charge on any atom is 0.273 e. The zero-order chi connectivity index (χ0) is 21.3. The third kappa shape index (κ3) is 4.11. The highest BCUT2D eigenvalue weighted by Gasteiger charge is 2.23. The molecule has 1 aliphatic heterocycles. The summed E-state index contributed by atoms with van der Waals surface area (Å²) in [5.74, 6) is -0.416. The van der Waals surface area contributed by atoms with Gasteiger partial charge in [-0.2, -0.15) is 0 Å². The lowest BCUT2D eigenvalue weighted by Crippen LogP contribution is -2.31. The van der Waals surface area contributed by atoms with Crippen molar-refractivity contribution in [2.24, 2.45) is 0 Å². The highest BCUT2D eigenvalue weighted by Crippen LogP contribution is 2.27. The maximum atomic E-state index is 13.2. The van der Waals surface area contributed by atoms with Crippen molar-refractivity contribution < 1.29 is 9.18 Å². The van der Waals surface area contributed by atoms with Crippen LogP contribution in [0.15, 0.2) is 42.5 Å². The van der Waals surface area contributed by atoms with E-state index in [0.717, 1.165) is 43.0 Å². The Bertz CT molecular complexity index is 1060. The van der Waals surface area contributed by atoms with Crippen molar-refractivity contribution in [3.8, 4) is 5.69 Å². The van der Waals surface area contributed by atoms with Gasteiger partial charge in [0, 0.05) is 25.7 Å². The standard InChI is InChI=1S/C23H26FN5O/c1-15(2)25-23(30)22-16(3)29(27-26-22)21-6-4-5-18-14-28(12-11-20(18)21)13-17-7-9-19(24)10-8-17/h4-10,15H,11-14H2,1-3H3,(H,25,30). The first-order valence-corrected chi connectivity index (χ1v) is 10.2. The number of amides is 1. The molecule has 1 amide bonds. The van der Waals surface area contributed by atoms with E-state index in [1.54, 1.807) is 4.68 Å². The van der Waals surface area contributed by atoms with Gasteiger partial charge in [0.05, 0.1) is 11.4 Å². The van der Waals surface area contributed by atoms with Crippen LogP contribution < -0.4 is 5.32 Å². The van der Waals surface area contributed by atoms with Crippen LogP contribution in [0, 0.1) is 12.7 Å². The average Bonchev–Trinajstić information content (AvgIpc) is 3.10. The molecule has 1 N–H and O–H groups in total. The lowest BCUT2D eigenvalue weighted by Gasteiger charge is -2.30. The zero-order valence-electron chi connectivity index (χ0n) is 17.5. The molecule has 0 saturated carbocycles. The number of rotatable bonds is 5. The number of benzene rings is 2. The molecule has 2 aromatic carbocycles. The number of aromatic nitrogens is 3. The number of fused-ring (bicyclic) bond motifs is 1. The molecule has 3 aromatic rings. The molecule has 0 radical (unpaired) electrons. The van der Waals surface area contributed by atoms with E-state index in [-0.39, 0.29) is 17.8 Å². The minimum absolute atomic E-state index is 0.0404. The average molecular weight is 407 g/mol. The molecule has 0 saturated heterocycles. The van der Waals surface area contributed by atoms with Gasteiger partial charge in [0.15, 0.2) is 5.69 Å². The first-order valence-electron chi connectivity index (χ1n) is 10.2. The molecular weight excluding hydrogens is 381 g/mol. The molecule has 2 heterocycles. The summed E-state index contributed by atoms with van der Waals surface area (Å²) in [7, 11) is 0. The fourth-order valence-electron chi connectivity index (χ4n) is 3.93. The van der Waals surface area contributed by atoms with Crippen LogP contribution in [-0.2, 0) is 19.5 Å². The summed E-state index contributed by atoms with van der Waals surface area (Å²) in [6.07, 6.45) is 0.875. The van der Waals surface area contributed by atoms with E-state index in [0.29, 0.717) is 5.69 Å². The first-order chi connectivity index (χ1) is 14.4. The van der Waals surface area contributed by atoms with E-state index in [2.05, 4.69) is 26.6 Å². The number of nitrogens with zero attached hydrogens (tertiary/aromatic N) is 4. The largest absolute Gasteiger partial charge is 0.348 e. The molecule has 1 aliphatic rings. The van der Waals surface area contributed by atoms with Gasteiger partial charge >= 0.3 is 0 Å². The zero-order valence-corrected chi connectivity index (χ0v) is 17.5. The number of nitrogens with one attached hydrogen (secondary N) is 1. The molecule has 7 heteroatoms. The van der Waals surface area contributed by atoms with Crippen LogP contribution in [0.3, 0.4) is 0 Å². The quantitative estimate of drug-likeness (QED) is 0.704. The van der Waals surface area contributed by atoms with Gasteiger partial charge < -0.3 is 5.32 Å². The number of hydrogen-bond donors (Lipinski definition) is 1. The van der Waals surface area contributed by atoms with Crippen LogP contribution in [0.5, 0.6) is 0 Å². The van der Waals surface area contributed by atoms with Crippen LogP contribution in [0.25, 0.3) is 5.69 Å². The van der Waals surface area contributed by atoms with E-state index >= 15 is 0 Å². The molecule has 0 atom stereocenters. The monoisotopic (exact) mass is 407 g/mol. The molecule has 0 fully saturated rings. The Balaban J connectivity index is 1.57. The van der Waals surface area contributed by atoms with Crippen LogP contribution in [0.2, 0.25) is 0 Å². The Morgan fingerprint density at radius 1 is 1.20 bits per heavy atom. The second-order valence-corrected chi connectivity index (χ2v) is 8.07. The highest BCUT2D eigenvalue weighted by molar-refractivity contribution is 5.93. The Labute approximate surface area is 175 Å². The van der Waals surface area contributed by atoms with Crippen molar-refractivity contribution in [2.45, 2.75) is 46.3 Å². The molecule has 6 nitrogen and oxygen atoms in total. The summed E-state index contributed by atoms with van der Waals surface area (Å²) < 4.78 is 14.9. The van der Waals surface area contributed by atoms with Crippen LogP contribution in [0.1, 0.15) is 46.7 Å². The summed E-state index contributed by atoms with van der Waals surface area (Å²) in [5.41, 5.74) is 5.64. The van der Waals surface area contributed by atoms with Crippen molar-refractivity contribution in [1.82, 2.24) is 25.2 Å². The van der Waals surface area contributed by atoms with Crippen LogP contribution >= 0.6 is 0 Å². The third-order valence-electron chi connectivity index (χ3n) is 5.40. The fraction of sp³-hybridized carbons (Fsp3) is 0.348. The molecule has 0 unspecified atom stereocenters. The van der Waals surface area contributed by atoms with Crippen LogP contribution in [-0.4, -0.2) is 38.4 Å². The highest BCUT2D eigenvalue weighted by atomic mass is 19.1. The second-order valence-electron chi connectivity index (χ2n) is 8.07. The van der Waals surface area contributed by atoms with E-state index in [9.17, 15) is 9.18 Å². The van der Waals surface area contributed by atoms with E-state index in [1.807, 2.05) is 45.0 Å². The number of halogens is 1. The van der Waals surface area contributed by atoms with Gasteiger partial charge in [-0.15, -0.1) is 5.10 Å². The molecule has 0 aliphatic carbocycles. The Morgan fingerprint density at radius 2 is 1.97 bits per heavy atom. The molecular formula is C23H26FN5O.